The third-order valence-corrected chi connectivity index (χ3v) is 6.58. The number of alkyl halides is 3. The van der Waals surface area contributed by atoms with E-state index in [0.717, 1.165) is 17.7 Å². The second kappa shape index (κ2) is 10.4. The maximum atomic E-state index is 13.0. The molecule has 3 aromatic rings. The van der Waals surface area contributed by atoms with Crippen LogP contribution in [0.15, 0.2) is 78.2 Å². The molecule has 0 bridgehead atoms. The van der Waals surface area contributed by atoms with E-state index >= 15 is 0 Å². The molecule has 0 radical (unpaired) electrons. The minimum absolute atomic E-state index is 0.211. The molecule has 1 amide bonds. The van der Waals surface area contributed by atoms with E-state index in [-0.39, 0.29) is 10.6 Å². The maximum absolute atomic E-state index is 13.0. The second-order valence-electron chi connectivity index (χ2n) is 7.30. The molecule has 0 aromatic heterocycles. The number of carbonyl (C=O) groups excluding carboxylic acids is 1. The first-order chi connectivity index (χ1) is 16.4. The van der Waals surface area contributed by atoms with Crippen LogP contribution in [-0.2, 0) is 22.6 Å². The third-order valence-electron chi connectivity index (χ3n) is 4.85. The molecule has 0 aliphatic rings. The number of hydrogen-bond donors (Lipinski definition) is 2. The number of amides is 1. The summed E-state index contributed by atoms with van der Waals surface area (Å²) >= 11 is 5.57. The Morgan fingerprint density at radius 2 is 1.71 bits per heavy atom. The Kier molecular flexibility index (Phi) is 7.76. The molecule has 3 rings (SSSR count). The number of halogens is 4. The van der Waals surface area contributed by atoms with Crippen LogP contribution >= 0.6 is 11.6 Å². The first-order valence-corrected chi connectivity index (χ1v) is 11.9. The molecule has 0 spiro atoms. The molecule has 0 atom stereocenters. The van der Waals surface area contributed by atoms with Gasteiger partial charge in [-0.3, -0.25) is 9.52 Å². The summed E-state index contributed by atoms with van der Waals surface area (Å²) < 4.78 is 71.8. The first kappa shape index (κ1) is 26.1. The molecule has 6 nitrogen and oxygen atoms in total. The van der Waals surface area contributed by atoms with Gasteiger partial charge in [0.1, 0.15) is 5.75 Å². The quantitative estimate of drug-likeness (QED) is 0.346. The van der Waals surface area contributed by atoms with E-state index in [2.05, 4.69) is 16.6 Å². The summed E-state index contributed by atoms with van der Waals surface area (Å²) in [5, 5.41) is 2.12. The minimum Gasteiger partial charge on any atom is -0.496 e. The van der Waals surface area contributed by atoms with Gasteiger partial charge in [0, 0.05) is 16.9 Å². The Morgan fingerprint density at radius 1 is 1.06 bits per heavy atom. The van der Waals surface area contributed by atoms with E-state index in [1.165, 1.54) is 31.4 Å². The van der Waals surface area contributed by atoms with Crippen molar-refractivity contribution >= 4 is 38.9 Å². The van der Waals surface area contributed by atoms with Crippen molar-refractivity contribution in [2.75, 3.05) is 17.1 Å². The SMILES string of the molecule is C=CCc1cc(C(=O)Nc2ccc(S(=O)(=O)Nc3ccc(Cl)c(C(F)(F)F)c3)cc2)ccc1OC. The van der Waals surface area contributed by atoms with Crippen LogP contribution in [0.3, 0.4) is 0 Å². The Labute approximate surface area is 205 Å². The van der Waals surface area contributed by atoms with E-state index in [1.807, 2.05) is 0 Å². The van der Waals surface area contributed by atoms with E-state index in [4.69, 9.17) is 16.3 Å². The molecule has 3 aromatic carbocycles. The predicted octanol–water partition coefficient (Wildman–Crippen LogP) is 6.15. The standard InChI is InChI=1S/C24H20ClF3N2O4S/c1-3-4-15-13-16(5-12-22(15)34-2)23(31)29-17-6-9-19(10-7-17)35(32,33)30-18-8-11-21(25)20(14-18)24(26,27)28/h3,5-14,30H,1,4H2,2H3,(H,29,31). The highest BCUT2D eigenvalue weighted by atomic mass is 35.5. The smallest absolute Gasteiger partial charge is 0.417 e. The molecule has 11 heteroatoms. The molecule has 0 fully saturated rings. The van der Waals surface area contributed by atoms with E-state index < -0.39 is 32.7 Å². The Balaban J connectivity index is 1.76. The highest BCUT2D eigenvalue weighted by Crippen LogP contribution is 2.36. The van der Waals surface area contributed by atoms with Crippen LogP contribution in [0.2, 0.25) is 5.02 Å². The number of ether oxygens (including phenoxy) is 1. The van der Waals surface area contributed by atoms with Gasteiger partial charge in [0.05, 0.1) is 22.6 Å². The van der Waals surface area contributed by atoms with Gasteiger partial charge in [-0.05, 0) is 72.6 Å². The van der Waals surface area contributed by atoms with Gasteiger partial charge in [0.15, 0.2) is 0 Å². The summed E-state index contributed by atoms with van der Waals surface area (Å²) in [5.74, 6) is 0.194. The summed E-state index contributed by atoms with van der Waals surface area (Å²) in [7, 11) is -2.68. The number of anilines is 2. The summed E-state index contributed by atoms with van der Waals surface area (Å²) in [6.07, 6.45) is -2.56. The van der Waals surface area contributed by atoms with Gasteiger partial charge in [0.2, 0.25) is 0 Å². The van der Waals surface area contributed by atoms with Crippen molar-refractivity contribution in [2.24, 2.45) is 0 Å². The fourth-order valence-corrected chi connectivity index (χ4v) is 4.45. The number of nitrogens with one attached hydrogen (secondary N) is 2. The van der Waals surface area contributed by atoms with Gasteiger partial charge in [-0.2, -0.15) is 13.2 Å². The highest BCUT2D eigenvalue weighted by Gasteiger charge is 2.33. The fourth-order valence-electron chi connectivity index (χ4n) is 3.18. The molecule has 0 aliphatic heterocycles. The van der Waals surface area contributed by atoms with Crippen molar-refractivity contribution in [2.45, 2.75) is 17.5 Å². The highest BCUT2D eigenvalue weighted by molar-refractivity contribution is 7.92. The molecular formula is C24H20ClF3N2O4S. The summed E-state index contributed by atoms with van der Waals surface area (Å²) in [6, 6.07) is 12.8. The molecule has 0 unspecified atom stereocenters. The van der Waals surface area contributed by atoms with Crippen molar-refractivity contribution in [3.63, 3.8) is 0 Å². The Bertz CT molecular complexity index is 1360. The van der Waals surface area contributed by atoms with Crippen molar-refractivity contribution < 1.29 is 31.1 Å². The van der Waals surface area contributed by atoms with Gasteiger partial charge in [-0.15, -0.1) is 6.58 Å². The minimum atomic E-state index is -4.74. The molecule has 0 saturated heterocycles. The van der Waals surface area contributed by atoms with Crippen LogP contribution in [0.5, 0.6) is 5.75 Å². The second-order valence-corrected chi connectivity index (χ2v) is 9.39. The number of sulfonamides is 1. The summed E-state index contributed by atoms with van der Waals surface area (Å²) in [5.41, 5.74) is 0.00445. The lowest BCUT2D eigenvalue weighted by Crippen LogP contribution is -2.15. The number of rotatable bonds is 8. The van der Waals surface area contributed by atoms with Crippen molar-refractivity contribution in [1.29, 1.82) is 0 Å². The summed E-state index contributed by atoms with van der Waals surface area (Å²) in [4.78, 5) is 12.4. The zero-order valence-corrected chi connectivity index (χ0v) is 19.9. The molecule has 0 saturated carbocycles. The first-order valence-electron chi connectivity index (χ1n) is 10.0. The topological polar surface area (TPSA) is 84.5 Å². The van der Waals surface area contributed by atoms with Crippen LogP contribution in [0.25, 0.3) is 0 Å². The molecule has 35 heavy (non-hydrogen) atoms. The van der Waals surface area contributed by atoms with E-state index in [1.54, 1.807) is 24.3 Å². The van der Waals surface area contributed by atoms with Gasteiger partial charge in [-0.1, -0.05) is 17.7 Å². The average Bonchev–Trinajstić information content (AvgIpc) is 2.80. The molecule has 184 valence electrons. The molecule has 0 heterocycles. The Morgan fingerprint density at radius 3 is 2.31 bits per heavy atom. The number of methoxy groups -OCH3 is 1. The van der Waals surface area contributed by atoms with Crippen molar-refractivity contribution in [3.8, 4) is 5.75 Å². The van der Waals surface area contributed by atoms with Crippen LogP contribution in [0, 0.1) is 0 Å². The number of benzene rings is 3. The van der Waals surface area contributed by atoms with Crippen molar-refractivity contribution in [3.05, 3.63) is 95.0 Å². The van der Waals surface area contributed by atoms with Gasteiger partial charge in [0.25, 0.3) is 15.9 Å². The maximum Gasteiger partial charge on any atom is 0.417 e. The van der Waals surface area contributed by atoms with E-state index in [9.17, 15) is 26.4 Å². The molecule has 2 N–H and O–H groups in total. The average molecular weight is 525 g/mol. The zero-order valence-electron chi connectivity index (χ0n) is 18.3. The van der Waals surface area contributed by atoms with Gasteiger partial charge >= 0.3 is 6.18 Å². The lowest BCUT2D eigenvalue weighted by molar-refractivity contribution is -0.137. The Hall–Kier alpha value is -3.50. The number of carbonyl (C=O) groups is 1. The predicted molar refractivity (Wildman–Crippen MR) is 129 cm³/mol. The van der Waals surface area contributed by atoms with Crippen molar-refractivity contribution in [1.82, 2.24) is 0 Å². The largest absolute Gasteiger partial charge is 0.496 e. The van der Waals surface area contributed by atoms with Gasteiger partial charge in [-0.25, -0.2) is 8.42 Å². The van der Waals surface area contributed by atoms with Gasteiger partial charge < -0.3 is 10.1 Å². The summed E-state index contributed by atoms with van der Waals surface area (Å²) in [6.45, 7) is 3.68. The third kappa shape index (κ3) is 6.34. The number of hydrogen-bond acceptors (Lipinski definition) is 4. The van der Waals surface area contributed by atoms with Crippen LogP contribution < -0.4 is 14.8 Å². The van der Waals surface area contributed by atoms with Crippen LogP contribution in [0.4, 0.5) is 24.5 Å². The van der Waals surface area contributed by atoms with E-state index in [0.29, 0.717) is 29.5 Å². The molecular weight excluding hydrogens is 505 g/mol. The molecule has 0 aliphatic carbocycles. The fraction of sp³-hybridized carbons (Fsp3) is 0.125. The van der Waals surface area contributed by atoms with Crippen LogP contribution in [-0.4, -0.2) is 21.4 Å². The zero-order chi connectivity index (χ0) is 25.8. The normalized spacial score (nSPS) is 11.6. The van der Waals surface area contributed by atoms with Crippen LogP contribution in [0.1, 0.15) is 21.5 Å². The lowest BCUT2D eigenvalue weighted by Gasteiger charge is -2.13. The number of allylic oxidation sites excluding steroid dienone is 1. The monoisotopic (exact) mass is 524 g/mol. The lowest BCUT2D eigenvalue weighted by atomic mass is 10.1.